The number of nitrogens with two attached hydrogens (primary N) is 1. The molecule has 0 unspecified atom stereocenters. The highest BCUT2D eigenvalue weighted by Gasteiger charge is 2.04. The van der Waals surface area contributed by atoms with E-state index in [1.54, 1.807) is 42.5 Å². The van der Waals surface area contributed by atoms with Crippen LogP contribution >= 0.6 is 11.8 Å². The molecule has 0 radical (unpaired) electrons. The second-order valence-electron chi connectivity index (χ2n) is 4.55. The molecule has 5 heteroatoms. The smallest absolute Gasteiger partial charge is 0.224 e. The van der Waals surface area contributed by atoms with Crippen LogP contribution in [0.25, 0.3) is 0 Å². The van der Waals surface area contributed by atoms with E-state index < -0.39 is 0 Å². The molecule has 1 amide bonds. The normalized spacial score (nSPS) is 10.3. The standard InChI is InChI=1S/C16H17FN2OS/c17-14-4-1-2-5-15(14)21-11-3-6-16(20)19-13-9-7-12(18)8-10-13/h1-2,4-5,7-10H,3,6,11,18H2,(H,19,20). The third-order valence-corrected chi connectivity index (χ3v) is 3.97. The molecule has 0 bridgehead atoms. The van der Waals surface area contributed by atoms with E-state index >= 15 is 0 Å². The van der Waals surface area contributed by atoms with Gasteiger partial charge in [-0.05, 0) is 48.6 Å². The maximum absolute atomic E-state index is 13.4. The quantitative estimate of drug-likeness (QED) is 0.483. The predicted molar refractivity (Wildman–Crippen MR) is 85.8 cm³/mol. The Morgan fingerprint density at radius 3 is 2.57 bits per heavy atom. The molecule has 0 heterocycles. The van der Waals surface area contributed by atoms with Crippen molar-refractivity contribution in [1.82, 2.24) is 0 Å². The van der Waals surface area contributed by atoms with Crippen molar-refractivity contribution >= 4 is 29.0 Å². The number of hydrogen-bond acceptors (Lipinski definition) is 3. The van der Waals surface area contributed by atoms with Crippen molar-refractivity contribution in [3.05, 3.63) is 54.3 Å². The number of anilines is 2. The van der Waals surface area contributed by atoms with E-state index in [9.17, 15) is 9.18 Å². The number of benzene rings is 2. The first-order valence-electron chi connectivity index (χ1n) is 6.68. The van der Waals surface area contributed by atoms with Gasteiger partial charge in [0.05, 0.1) is 0 Å². The summed E-state index contributed by atoms with van der Waals surface area (Å²) >= 11 is 1.43. The molecule has 0 aliphatic rings. The summed E-state index contributed by atoms with van der Waals surface area (Å²) < 4.78 is 13.4. The van der Waals surface area contributed by atoms with Crippen molar-refractivity contribution in [2.75, 3.05) is 16.8 Å². The van der Waals surface area contributed by atoms with Gasteiger partial charge in [0.1, 0.15) is 5.82 Å². The van der Waals surface area contributed by atoms with Gasteiger partial charge in [-0.3, -0.25) is 4.79 Å². The topological polar surface area (TPSA) is 55.1 Å². The summed E-state index contributed by atoms with van der Waals surface area (Å²) in [6, 6.07) is 13.7. The first-order chi connectivity index (χ1) is 10.1. The van der Waals surface area contributed by atoms with E-state index in [-0.39, 0.29) is 11.7 Å². The maximum atomic E-state index is 13.4. The van der Waals surface area contributed by atoms with Crippen molar-refractivity contribution in [2.45, 2.75) is 17.7 Å². The molecule has 0 atom stereocenters. The predicted octanol–water partition coefficient (Wildman–Crippen LogP) is 3.92. The van der Waals surface area contributed by atoms with Gasteiger partial charge >= 0.3 is 0 Å². The number of halogens is 1. The first-order valence-corrected chi connectivity index (χ1v) is 7.66. The van der Waals surface area contributed by atoms with Crippen LogP contribution in [0.5, 0.6) is 0 Å². The Balaban J connectivity index is 1.70. The molecule has 3 nitrogen and oxygen atoms in total. The molecule has 2 aromatic carbocycles. The van der Waals surface area contributed by atoms with Crippen LogP contribution in [0.3, 0.4) is 0 Å². The number of amides is 1. The molecule has 0 aliphatic carbocycles. The Morgan fingerprint density at radius 1 is 1.14 bits per heavy atom. The Bertz CT molecular complexity index is 601. The van der Waals surface area contributed by atoms with Gasteiger partial charge in [-0.15, -0.1) is 11.8 Å². The van der Waals surface area contributed by atoms with Crippen molar-refractivity contribution in [2.24, 2.45) is 0 Å². The molecule has 0 aliphatic heterocycles. The molecule has 0 fully saturated rings. The molecule has 0 aromatic heterocycles. The van der Waals surface area contributed by atoms with Gasteiger partial charge in [0.15, 0.2) is 0 Å². The summed E-state index contributed by atoms with van der Waals surface area (Å²) in [5.74, 6) is 0.443. The Kier molecular flexibility index (Phi) is 5.63. The number of rotatable bonds is 6. The van der Waals surface area contributed by atoms with E-state index in [1.165, 1.54) is 17.8 Å². The molecule has 2 rings (SSSR count). The number of nitrogen functional groups attached to an aromatic ring is 1. The van der Waals surface area contributed by atoms with Crippen LogP contribution in [0.2, 0.25) is 0 Å². The minimum Gasteiger partial charge on any atom is -0.399 e. The highest BCUT2D eigenvalue weighted by Crippen LogP contribution is 2.22. The summed E-state index contributed by atoms with van der Waals surface area (Å²) in [5.41, 5.74) is 6.97. The SMILES string of the molecule is Nc1ccc(NC(=O)CCCSc2ccccc2F)cc1. The number of thioether (sulfide) groups is 1. The van der Waals surface area contributed by atoms with E-state index in [1.807, 2.05) is 0 Å². The summed E-state index contributed by atoms with van der Waals surface area (Å²) in [6.45, 7) is 0. The highest BCUT2D eigenvalue weighted by atomic mass is 32.2. The number of carbonyl (C=O) groups is 1. The molecule has 3 N–H and O–H groups in total. The zero-order valence-electron chi connectivity index (χ0n) is 11.5. The molecule has 2 aromatic rings. The second-order valence-corrected chi connectivity index (χ2v) is 5.69. The maximum Gasteiger partial charge on any atom is 0.224 e. The van der Waals surface area contributed by atoms with Gasteiger partial charge < -0.3 is 11.1 Å². The van der Waals surface area contributed by atoms with Crippen LogP contribution in [0, 0.1) is 5.82 Å². The average Bonchev–Trinajstić information content (AvgIpc) is 2.48. The number of hydrogen-bond donors (Lipinski definition) is 2. The average molecular weight is 304 g/mol. The van der Waals surface area contributed by atoms with Gasteiger partial charge in [-0.1, -0.05) is 12.1 Å². The lowest BCUT2D eigenvalue weighted by Gasteiger charge is -2.06. The zero-order valence-corrected chi connectivity index (χ0v) is 12.3. The van der Waals surface area contributed by atoms with E-state index in [2.05, 4.69) is 5.32 Å². The van der Waals surface area contributed by atoms with Gasteiger partial charge in [0.2, 0.25) is 5.91 Å². The Labute approximate surface area is 127 Å². The lowest BCUT2D eigenvalue weighted by Crippen LogP contribution is -2.11. The van der Waals surface area contributed by atoms with Crippen LogP contribution in [0.15, 0.2) is 53.4 Å². The lowest BCUT2D eigenvalue weighted by atomic mass is 10.2. The van der Waals surface area contributed by atoms with Gasteiger partial charge in [-0.2, -0.15) is 0 Å². The van der Waals surface area contributed by atoms with E-state index in [4.69, 9.17) is 5.73 Å². The fourth-order valence-corrected chi connectivity index (χ4v) is 2.66. The third-order valence-electron chi connectivity index (χ3n) is 2.84. The van der Waals surface area contributed by atoms with Gasteiger partial charge in [0.25, 0.3) is 0 Å². The van der Waals surface area contributed by atoms with Gasteiger partial charge in [-0.25, -0.2) is 4.39 Å². The molecule has 0 spiro atoms. The van der Waals surface area contributed by atoms with Crippen molar-refractivity contribution < 1.29 is 9.18 Å². The molecular weight excluding hydrogens is 287 g/mol. The minimum atomic E-state index is -0.214. The van der Waals surface area contributed by atoms with Crippen molar-refractivity contribution in [3.63, 3.8) is 0 Å². The second kappa shape index (κ2) is 7.69. The monoisotopic (exact) mass is 304 g/mol. The zero-order chi connectivity index (χ0) is 15.1. The van der Waals surface area contributed by atoms with Crippen molar-refractivity contribution in [3.8, 4) is 0 Å². The summed E-state index contributed by atoms with van der Waals surface area (Å²) in [7, 11) is 0. The van der Waals surface area contributed by atoms with Crippen LogP contribution in [0.1, 0.15) is 12.8 Å². The summed E-state index contributed by atoms with van der Waals surface area (Å²) in [4.78, 5) is 12.4. The molecule has 0 saturated carbocycles. The van der Waals surface area contributed by atoms with Crippen LogP contribution in [-0.4, -0.2) is 11.7 Å². The van der Waals surface area contributed by atoms with Crippen LogP contribution in [0.4, 0.5) is 15.8 Å². The summed E-state index contributed by atoms with van der Waals surface area (Å²) in [5, 5.41) is 2.80. The van der Waals surface area contributed by atoms with E-state index in [0.29, 0.717) is 29.2 Å². The van der Waals surface area contributed by atoms with Gasteiger partial charge in [0, 0.05) is 22.7 Å². The van der Waals surface area contributed by atoms with Crippen LogP contribution < -0.4 is 11.1 Å². The first kappa shape index (κ1) is 15.4. The Hall–Kier alpha value is -2.01. The van der Waals surface area contributed by atoms with E-state index in [0.717, 1.165) is 5.69 Å². The fourth-order valence-electron chi connectivity index (χ4n) is 1.77. The fraction of sp³-hybridized carbons (Fsp3) is 0.188. The minimum absolute atomic E-state index is 0.0473. The van der Waals surface area contributed by atoms with Crippen LogP contribution in [-0.2, 0) is 4.79 Å². The molecular formula is C16H17FN2OS. The molecule has 110 valence electrons. The largest absolute Gasteiger partial charge is 0.399 e. The number of carbonyl (C=O) groups excluding carboxylic acids is 1. The summed E-state index contributed by atoms with van der Waals surface area (Å²) in [6.07, 6.45) is 1.10. The third kappa shape index (κ3) is 5.11. The van der Waals surface area contributed by atoms with Crippen molar-refractivity contribution in [1.29, 1.82) is 0 Å². The molecule has 21 heavy (non-hydrogen) atoms. The Morgan fingerprint density at radius 2 is 1.86 bits per heavy atom. The number of nitrogens with one attached hydrogen (secondary N) is 1. The highest BCUT2D eigenvalue weighted by molar-refractivity contribution is 7.99. The lowest BCUT2D eigenvalue weighted by molar-refractivity contribution is -0.116. The molecule has 0 saturated heterocycles.